The molecule has 1 heterocycles. The van der Waals surface area contributed by atoms with Gasteiger partial charge in [0.05, 0.1) is 16.7 Å². The van der Waals surface area contributed by atoms with Crippen molar-refractivity contribution in [2.24, 2.45) is 4.99 Å². The Labute approximate surface area is 128 Å². The summed E-state index contributed by atoms with van der Waals surface area (Å²) in [5, 5.41) is 13.1. The fraction of sp³-hybridized carbons (Fsp3) is 0.333. The van der Waals surface area contributed by atoms with Gasteiger partial charge in [0, 0.05) is 17.5 Å². The Morgan fingerprint density at radius 3 is 3.05 bits per heavy atom. The topological polar surface area (TPSA) is 84.6 Å². The van der Waals surface area contributed by atoms with Crippen LogP contribution in [-0.4, -0.2) is 32.8 Å². The number of aliphatic imine (C=N–C) groups is 1. The number of amides is 1. The summed E-state index contributed by atoms with van der Waals surface area (Å²) < 4.78 is 14.0. The molecule has 6 nitrogen and oxygen atoms in total. The number of nitro benzene ring substituents is 1. The molecule has 0 bridgehead atoms. The Bertz CT molecular complexity index is 609. The number of thioether (sulfide) groups is 2. The molecule has 0 saturated carbocycles. The third kappa shape index (κ3) is 4.43. The Kier molecular flexibility index (Phi) is 5.18. The lowest BCUT2D eigenvalue weighted by Gasteiger charge is -2.05. The lowest BCUT2D eigenvalue weighted by atomic mass is 10.2. The van der Waals surface area contributed by atoms with Crippen molar-refractivity contribution in [2.45, 2.75) is 13.0 Å². The Morgan fingerprint density at radius 2 is 2.43 bits per heavy atom. The monoisotopic (exact) mass is 329 g/mol. The summed E-state index contributed by atoms with van der Waals surface area (Å²) in [6.07, 6.45) is 0. The van der Waals surface area contributed by atoms with Gasteiger partial charge in [-0.1, -0.05) is 23.5 Å². The maximum absolute atomic E-state index is 13.2. The van der Waals surface area contributed by atoms with Gasteiger partial charge in [0.1, 0.15) is 4.38 Å². The largest absolute Gasteiger partial charge is 0.325 e. The van der Waals surface area contributed by atoms with Crippen LogP contribution in [-0.2, 0) is 4.79 Å². The number of carbonyl (C=O) groups excluding carboxylic acids is 1. The highest BCUT2D eigenvalue weighted by Gasteiger charge is 2.17. The number of nitrogens with one attached hydrogen (secondary N) is 1. The second-order valence-electron chi connectivity index (χ2n) is 4.32. The summed E-state index contributed by atoms with van der Waals surface area (Å²) in [7, 11) is 0. The maximum atomic E-state index is 13.2. The summed E-state index contributed by atoms with van der Waals surface area (Å²) in [5.74, 6) is -0.181. The van der Waals surface area contributed by atoms with Crippen LogP contribution >= 0.6 is 23.5 Å². The fourth-order valence-electron chi connectivity index (χ4n) is 1.58. The second-order valence-corrected chi connectivity index (χ2v) is 6.55. The molecule has 9 heteroatoms. The summed E-state index contributed by atoms with van der Waals surface area (Å²) in [6, 6.07) is 3.51. The molecule has 1 aliphatic heterocycles. The van der Waals surface area contributed by atoms with Crippen LogP contribution in [0.1, 0.15) is 6.92 Å². The van der Waals surface area contributed by atoms with Crippen LogP contribution in [0.4, 0.5) is 15.8 Å². The van der Waals surface area contributed by atoms with Crippen molar-refractivity contribution in [1.82, 2.24) is 0 Å². The third-order valence-electron chi connectivity index (χ3n) is 2.53. The number of carbonyl (C=O) groups is 1. The van der Waals surface area contributed by atoms with Gasteiger partial charge in [0.15, 0.2) is 0 Å². The van der Waals surface area contributed by atoms with Crippen LogP contribution in [0.2, 0.25) is 0 Å². The lowest BCUT2D eigenvalue weighted by Crippen LogP contribution is -2.15. The molecule has 2 rings (SSSR count). The zero-order valence-corrected chi connectivity index (χ0v) is 12.7. The number of anilines is 1. The molecule has 0 saturated heterocycles. The average molecular weight is 329 g/mol. The van der Waals surface area contributed by atoms with E-state index in [-0.39, 0.29) is 23.4 Å². The van der Waals surface area contributed by atoms with Crippen molar-refractivity contribution in [3.05, 3.63) is 34.1 Å². The molecule has 0 spiro atoms. The number of benzene rings is 1. The predicted molar refractivity (Wildman–Crippen MR) is 83.5 cm³/mol. The highest BCUT2D eigenvalue weighted by molar-refractivity contribution is 8.39. The second kappa shape index (κ2) is 6.90. The normalized spacial score (nSPS) is 17.4. The van der Waals surface area contributed by atoms with E-state index in [2.05, 4.69) is 10.3 Å². The molecule has 1 aromatic rings. The van der Waals surface area contributed by atoms with Crippen molar-refractivity contribution < 1.29 is 14.1 Å². The molecule has 1 atom stereocenters. The molecule has 1 aliphatic rings. The van der Waals surface area contributed by atoms with Crippen LogP contribution in [0.25, 0.3) is 0 Å². The third-order valence-corrected chi connectivity index (χ3v) is 4.99. The first-order valence-corrected chi connectivity index (χ1v) is 8.00. The lowest BCUT2D eigenvalue weighted by molar-refractivity contribution is -0.387. The predicted octanol–water partition coefficient (Wildman–Crippen LogP) is 2.90. The van der Waals surface area contributed by atoms with Crippen molar-refractivity contribution in [2.75, 3.05) is 16.8 Å². The minimum atomic E-state index is -0.932. The maximum Gasteiger partial charge on any atom is 0.306 e. The summed E-state index contributed by atoms with van der Waals surface area (Å²) in [6.45, 7) is 2.00. The Morgan fingerprint density at radius 1 is 1.67 bits per heavy atom. The van der Waals surface area contributed by atoms with Gasteiger partial charge >= 0.3 is 5.69 Å². The standard InChI is InChI=1S/C12H12FN3O3S2/c1-7-5-20-12(14-7)21-6-11(17)15-8-2-3-9(13)10(4-8)16(18)19/h2-4,7H,5-6H2,1H3,(H,15,17)/t7-/m0/s1. The molecule has 1 aromatic carbocycles. The SMILES string of the molecule is C[C@H]1CSC(SCC(=O)Nc2ccc(F)c([N+](=O)[O-])c2)=N1. The summed E-state index contributed by atoms with van der Waals surface area (Å²) in [4.78, 5) is 25.9. The number of nitrogens with zero attached hydrogens (tertiary/aromatic N) is 2. The van der Waals surface area contributed by atoms with Gasteiger partial charge in [0.2, 0.25) is 11.7 Å². The van der Waals surface area contributed by atoms with Crippen molar-refractivity contribution in [1.29, 1.82) is 0 Å². The Hall–Kier alpha value is -1.61. The van der Waals surface area contributed by atoms with E-state index in [4.69, 9.17) is 0 Å². The van der Waals surface area contributed by atoms with Gasteiger partial charge in [-0.15, -0.1) is 0 Å². The fourth-order valence-corrected chi connectivity index (χ4v) is 3.59. The molecular formula is C12H12FN3O3S2. The molecule has 0 aromatic heterocycles. The van der Waals surface area contributed by atoms with Gasteiger partial charge < -0.3 is 5.32 Å². The van der Waals surface area contributed by atoms with E-state index >= 15 is 0 Å². The van der Waals surface area contributed by atoms with Crippen LogP contribution in [0, 0.1) is 15.9 Å². The van der Waals surface area contributed by atoms with Crippen molar-refractivity contribution in [3.63, 3.8) is 0 Å². The molecular weight excluding hydrogens is 317 g/mol. The zero-order valence-electron chi connectivity index (χ0n) is 11.0. The molecule has 1 amide bonds. The quantitative estimate of drug-likeness (QED) is 0.678. The van der Waals surface area contributed by atoms with Gasteiger partial charge in [0.25, 0.3) is 0 Å². The van der Waals surface area contributed by atoms with Gasteiger partial charge in [-0.25, -0.2) is 0 Å². The van der Waals surface area contributed by atoms with Crippen molar-refractivity contribution >= 4 is 45.2 Å². The minimum absolute atomic E-state index is 0.156. The van der Waals surface area contributed by atoms with E-state index in [1.807, 2.05) is 6.92 Å². The molecule has 21 heavy (non-hydrogen) atoms. The highest BCUT2D eigenvalue weighted by atomic mass is 32.2. The average Bonchev–Trinajstić information content (AvgIpc) is 2.84. The Balaban J connectivity index is 1.92. The number of rotatable bonds is 4. The number of halogens is 1. The van der Waals surface area contributed by atoms with Gasteiger partial charge in [-0.2, -0.15) is 4.39 Å². The first kappa shape index (κ1) is 15.8. The van der Waals surface area contributed by atoms with E-state index in [0.717, 1.165) is 22.3 Å². The first-order valence-electron chi connectivity index (χ1n) is 6.03. The molecule has 0 fully saturated rings. The molecule has 0 aliphatic carbocycles. The van der Waals surface area contributed by atoms with E-state index in [1.165, 1.54) is 17.8 Å². The zero-order chi connectivity index (χ0) is 15.4. The van der Waals surface area contributed by atoms with E-state index < -0.39 is 16.4 Å². The summed E-state index contributed by atoms with van der Waals surface area (Å²) in [5.41, 5.74) is -0.465. The highest BCUT2D eigenvalue weighted by Crippen LogP contribution is 2.26. The van der Waals surface area contributed by atoms with Gasteiger partial charge in [-0.05, 0) is 19.1 Å². The van der Waals surface area contributed by atoms with E-state index in [1.54, 1.807) is 11.8 Å². The number of hydrogen-bond acceptors (Lipinski definition) is 6. The summed E-state index contributed by atoms with van der Waals surface area (Å²) >= 11 is 2.92. The first-order chi connectivity index (χ1) is 9.95. The number of nitro groups is 1. The molecule has 0 unspecified atom stereocenters. The van der Waals surface area contributed by atoms with Crippen LogP contribution < -0.4 is 5.32 Å². The molecule has 0 radical (unpaired) electrons. The molecule has 1 N–H and O–H groups in total. The van der Waals surface area contributed by atoms with E-state index in [0.29, 0.717) is 0 Å². The van der Waals surface area contributed by atoms with E-state index in [9.17, 15) is 19.3 Å². The van der Waals surface area contributed by atoms with Crippen molar-refractivity contribution in [3.8, 4) is 0 Å². The van der Waals surface area contributed by atoms with Crippen LogP contribution in [0.15, 0.2) is 23.2 Å². The number of hydrogen-bond donors (Lipinski definition) is 1. The molecule has 112 valence electrons. The minimum Gasteiger partial charge on any atom is -0.325 e. The van der Waals surface area contributed by atoms with Gasteiger partial charge in [-0.3, -0.25) is 19.9 Å². The van der Waals surface area contributed by atoms with Crippen LogP contribution in [0.3, 0.4) is 0 Å². The smallest absolute Gasteiger partial charge is 0.306 e. The van der Waals surface area contributed by atoms with Crippen LogP contribution in [0.5, 0.6) is 0 Å².